The smallest absolute Gasteiger partial charge is 0.415 e. The molecule has 0 bridgehead atoms. The minimum absolute atomic E-state index is 0.0315. The molecular weight excluding hydrogens is 215 g/mol. The van der Waals surface area contributed by atoms with Crippen LogP contribution in [0.15, 0.2) is 11.6 Å². The van der Waals surface area contributed by atoms with E-state index in [0.29, 0.717) is 0 Å². The van der Waals surface area contributed by atoms with Gasteiger partial charge in [0.2, 0.25) is 0 Å². The van der Waals surface area contributed by atoms with E-state index in [9.17, 15) is 18.0 Å². The zero-order chi connectivity index (χ0) is 12.1. The van der Waals surface area contributed by atoms with Crippen LogP contribution in [0.3, 0.4) is 0 Å². The maximum atomic E-state index is 11.8. The van der Waals surface area contributed by atoms with Crippen LogP contribution in [-0.4, -0.2) is 41.6 Å². The molecule has 4 nitrogen and oxygen atoms in total. The summed E-state index contributed by atoms with van der Waals surface area (Å²) >= 11 is 0. The van der Waals surface area contributed by atoms with E-state index < -0.39 is 24.8 Å². The summed E-state index contributed by atoms with van der Waals surface area (Å²) in [5.74, 6) is -1.13. The van der Waals surface area contributed by atoms with Gasteiger partial charge in [-0.1, -0.05) is 6.08 Å². The van der Waals surface area contributed by atoms with Gasteiger partial charge >= 0.3 is 12.1 Å². The normalized spacial score (nSPS) is 15.1. The lowest BCUT2D eigenvalue weighted by Gasteiger charge is -2.14. The first-order chi connectivity index (χ1) is 6.75. The first-order valence-corrected chi connectivity index (χ1v) is 4.10. The fourth-order valence-electron chi connectivity index (χ4n) is 0.648. The average molecular weight is 227 g/mol. The lowest BCUT2D eigenvalue weighted by Crippen LogP contribution is -2.38. The number of rotatable bonds is 5. The third kappa shape index (κ3) is 6.08. The van der Waals surface area contributed by atoms with Gasteiger partial charge in [0.1, 0.15) is 0 Å². The van der Waals surface area contributed by atoms with Gasteiger partial charge in [-0.25, -0.2) is 4.79 Å². The Morgan fingerprint density at radius 3 is 2.47 bits per heavy atom. The molecule has 7 heteroatoms. The Bertz CT molecular complexity index is 250. The number of alkyl halides is 3. The minimum Gasteiger partial charge on any atom is -0.478 e. The molecule has 1 unspecified atom stereocenters. The molecule has 0 spiro atoms. The molecule has 0 radical (unpaired) electrons. The summed E-state index contributed by atoms with van der Waals surface area (Å²) in [6.45, 7) is 0.627. The maximum absolute atomic E-state index is 11.8. The van der Waals surface area contributed by atoms with Crippen LogP contribution in [0.2, 0.25) is 0 Å². The zero-order valence-corrected chi connectivity index (χ0v) is 8.01. The van der Waals surface area contributed by atoms with Crippen molar-refractivity contribution < 1.29 is 28.2 Å². The molecule has 88 valence electrons. The molecule has 0 aromatic heterocycles. The molecule has 0 rings (SSSR count). The number of carboxylic acid groups (broad SMARTS) is 1. The van der Waals surface area contributed by atoms with Crippen LogP contribution < -0.4 is 5.32 Å². The topological polar surface area (TPSA) is 69.6 Å². The van der Waals surface area contributed by atoms with Crippen LogP contribution in [0.5, 0.6) is 0 Å². The first-order valence-electron chi connectivity index (χ1n) is 4.10. The van der Waals surface area contributed by atoms with Gasteiger partial charge in [-0.05, 0) is 6.92 Å². The molecule has 1 atom stereocenters. The number of hydrogen-bond donors (Lipinski definition) is 3. The van der Waals surface area contributed by atoms with Gasteiger partial charge in [0.25, 0.3) is 0 Å². The number of aliphatic carboxylic acids is 1. The number of carbonyl (C=O) groups is 1. The van der Waals surface area contributed by atoms with Crippen molar-refractivity contribution in [2.75, 3.05) is 13.1 Å². The van der Waals surface area contributed by atoms with E-state index in [1.165, 1.54) is 13.0 Å². The highest BCUT2D eigenvalue weighted by molar-refractivity contribution is 5.85. The first kappa shape index (κ1) is 13.9. The molecule has 0 fully saturated rings. The van der Waals surface area contributed by atoms with E-state index in [0.717, 1.165) is 0 Å². The summed E-state index contributed by atoms with van der Waals surface area (Å²) in [7, 11) is 0. The predicted molar refractivity (Wildman–Crippen MR) is 46.3 cm³/mol. The largest absolute Gasteiger partial charge is 0.478 e. The molecule has 0 aliphatic rings. The predicted octanol–water partition coefficient (Wildman–Crippen LogP) is 0.530. The lowest BCUT2D eigenvalue weighted by molar-refractivity contribution is -0.201. The third-order valence-electron chi connectivity index (χ3n) is 1.61. The standard InChI is InChI=1S/C8H12F3NO3/c1-5(7(14)15)2-3-12-4-6(13)8(9,10)11/h2,6,12-13H,3-4H2,1H3,(H,14,15). The fraction of sp³-hybridized carbons (Fsp3) is 0.625. The van der Waals surface area contributed by atoms with Gasteiger partial charge in [0.15, 0.2) is 6.10 Å². The Labute approximate surface area is 84.4 Å². The van der Waals surface area contributed by atoms with Gasteiger partial charge < -0.3 is 15.5 Å². The van der Waals surface area contributed by atoms with Gasteiger partial charge in [-0.2, -0.15) is 13.2 Å². The van der Waals surface area contributed by atoms with Crippen molar-refractivity contribution in [2.45, 2.75) is 19.2 Å². The number of aliphatic hydroxyl groups excluding tert-OH is 1. The Balaban J connectivity index is 3.82. The Kier molecular flexibility index (Phi) is 5.31. The fourth-order valence-corrected chi connectivity index (χ4v) is 0.648. The molecule has 0 aliphatic heterocycles. The van der Waals surface area contributed by atoms with Gasteiger partial charge in [0, 0.05) is 18.7 Å². The van der Waals surface area contributed by atoms with Crippen LogP contribution >= 0.6 is 0 Å². The summed E-state index contributed by atoms with van der Waals surface area (Å²) in [5.41, 5.74) is 0.0315. The van der Waals surface area contributed by atoms with Crippen LogP contribution in [0, 0.1) is 0 Å². The summed E-state index contributed by atoms with van der Waals surface area (Å²) in [6, 6.07) is 0. The second-order valence-electron chi connectivity index (χ2n) is 2.91. The average Bonchev–Trinajstić information content (AvgIpc) is 2.09. The third-order valence-corrected chi connectivity index (χ3v) is 1.61. The molecule has 0 heterocycles. The van der Waals surface area contributed by atoms with Gasteiger partial charge in [-0.15, -0.1) is 0 Å². The van der Waals surface area contributed by atoms with Crippen LogP contribution in [-0.2, 0) is 4.79 Å². The van der Waals surface area contributed by atoms with E-state index >= 15 is 0 Å². The number of aliphatic hydroxyl groups is 1. The maximum Gasteiger partial charge on any atom is 0.415 e. The van der Waals surface area contributed by atoms with E-state index in [1.807, 2.05) is 0 Å². The van der Waals surface area contributed by atoms with E-state index in [1.54, 1.807) is 0 Å². The summed E-state index contributed by atoms with van der Waals surface area (Å²) < 4.78 is 35.3. The number of halogens is 3. The van der Waals surface area contributed by atoms with E-state index in [4.69, 9.17) is 10.2 Å². The summed E-state index contributed by atoms with van der Waals surface area (Å²) in [6.07, 6.45) is -5.86. The Morgan fingerprint density at radius 2 is 2.07 bits per heavy atom. The van der Waals surface area contributed by atoms with Gasteiger partial charge in [-0.3, -0.25) is 0 Å². The van der Waals surface area contributed by atoms with E-state index in [2.05, 4.69) is 5.32 Å². The van der Waals surface area contributed by atoms with Crippen molar-refractivity contribution in [3.05, 3.63) is 11.6 Å². The molecule has 0 saturated heterocycles. The molecule has 0 saturated carbocycles. The summed E-state index contributed by atoms with van der Waals surface area (Å²) in [4.78, 5) is 10.3. The number of nitrogens with one attached hydrogen (secondary N) is 1. The number of hydrogen-bond acceptors (Lipinski definition) is 3. The SMILES string of the molecule is CC(=CCNCC(O)C(F)(F)F)C(=O)O. The van der Waals surface area contributed by atoms with Crippen molar-refractivity contribution in [1.29, 1.82) is 0 Å². The lowest BCUT2D eigenvalue weighted by atomic mass is 10.3. The van der Waals surface area contributed by atoms with Crippen molar-refractivity contribution in [1.82, 2.24) is 5.32 Å². The zero-order valence-electron chi connectivity index (χ0n) is 8.01. The number of carboxylic acids is 1. The molecular formula is C8H12F3NO3. The van der Waals surface area contributed by atoms with Crippen LogP contribution in [0.4, 0.5) is 13.2 Å². The highest BCUT2D eigenvalue weighted by Gasteiger charge is 2.37. The highest BCUT2D eigenvalue weighted by atomic mass is 19.4. The molecule has 0 aromatic carbocycles. The quantitative estimate of drug-likeness (QED) is 0.473. The molecule has 15 heavy (non-hydrogen) atoms. The van der Waals surface area contributed by atoms with Crippen LogP contribution in [0.25, 0.3) is 0 Å². The summed E-state index contributed by atoms with van der Waals surface area (Å²) in [5, 5.41) is 19.2. The van der Waals surface area contributed by atoms with Gasteiger partial charge in [0.05, 0.1) is 0 Å². The monoisotopic (exact) mass is 227 g/mol. The molecule has 3 N–H and O–H groups in total. The Hall–Kier alpha value is -1.08. The second-order valence-corrected chi connectivity index (χ2v) is 2.91. The van der Waals surface area contributed by atoms with Crippen molar-refractivity contribution in [3.8, 4) is 0 Å². The molecule has 0 amide bonds. The van der Waals surface area contributed by atoms with Crippen molar-refractivity contribution in [2.24, 2.45) is 0 Å². The molecule has 0 aliphatic carbocycles. The second kappa shape index (κ2) is 5.72. The van der Waals surface area contributed by atoms with Crippen LogP contribution in [0.1, 0.15) is 6.92 Å². The minimum atomic E-state index is -4.65. The van der Waals surface area contributed by atoms with Crippen molar-refractivity contribution in [3.63, 3.8) is 0 Å². The van der Waals surface area contributed by atoms with Crippen molar-refractivity contribution >= 4 is 5.97 Å². The Morgan fingerprint density at radius 1 is 1.53 bits per heavy atom. The highest BCUT2D eigenvalue weighted by Crippen LogP contribution is 2.18. The molecule has 0 aromatic rings. The van der Waals surface area contributed by atoms with E-state index in [-0.39, 0.29) is 12.1 Å².